The molecule has 2 aliphatic heterocycles. The number of aromatic nitrogens is 2. The first kappa shape index (κ1) is 19.5. The van der Waals surface area contributed by atoms with Crippen LogP contribution in [0.3, 0.4) is 0 Å². The maximum absolute atomic E-state index is 13.5. The second kappa shape index (κ2) is 7.99. The highest BCUT2D eigenvalue weighted by molar-refractivity contribution is 8.03. The van der Waals surface area contributed by atoms with Gasteiger partial charge in [-0.15, -0.1) is 0 Å². The Labute approximate surface area is 182 Å². The molecule has 0 bridgehead atoms. The molecule has 9 heteroatoms. The first-order chi connectivity index (χ1) is 15.1. The molecule has 158 valence electrons. The van der Waals surface area contributed by atoms with Crippen LogP contribution in [0.2, 0.25) is 0 Å². The Bertz CT molecular complexity index is 1150. The first-order valence-electron chi connectivity index (χ1n) is 9.68. The molecule has 3 aromatic rings. The lowest BCUT2D eigenvalue weighted by Gasteiger charge is -2.28. The molecular formula is C22H19FN4O3S. The van der Waals surface area contributed by atoms with Gasteiger partial charge in [0.05, 0.1) is 6.20 Å². The standard InChI is InChI=1S/C22H19FN4O3S/c1-13-20(21(28)24-9-14-2-7-18-19(8-14)30-12-29-18)27(17-5-3-16(23)4-6-17)22(31-13)15-10-25-26-11-15/h2-8,10-11,22H,9,12H2,1H3,(H,24,28)(H,25,26). The number of fused-ring (bicyclic) bond motifs is 1. The number of ether oxygens (including phenoxy) is 2. The van der Waals surface area contributed by atoms with Gasteiger partial charge in [0.15, 0.2) is 11.5 Å². The van der Waals surface area contributed by atoms with E-state index in [4.69, 9.17) is 9.47 Å². The quantitative estimate of drug-likeness (QED) is 0.625. The third-order valence-corrected chi connectivity index (χ3v) is 6.36. The summed E-state index contributed by atoms with van der Waals surface area (Å²) in [5.41, 5.74) is 3.09. The minimum absolute atomic E-state index is 0.185. The number of aromatic amines is 1. The maximum Gasteiger partial charge on any atom is 0.269 e. The largest absolute Gasteiger partial charge is 0.454 e. The molecule has 0 aliphatic carbocycles. The average molecular weight is 438 g/mol. The van der Waals surface area contributed by atoms with Gasteiger partial charge < -0.3 is 19.7 Å². The Kier molecular flexibility index (Phi) is 5.03. The van der Waals surface area contributed by atoms with Crippen molar-refractivity contribution in [1.82, 2.24) is 15.5 Å². The summed E-state index contributed by atoms with van der Waals surface area (Å²) >= 11 is 1.56. The zero-order valence-electron chi connectivity index (χ0n) is 16.6. The molecular weight excluding hydrogens is 419 g/mol. The molecule has 5 rings (SSSR count). The highest BCUT2D eigenvalue weighted by Gasteiger charge is 2.37. The number of halogens is 1. The number of H-pyrrole nitrogens is 1. The van der Waals surface area contributed by atoms with Crippen molar-refractivity contribution in [3.05, 3.63) is 82.4 Å². The van der Waals surface area contributed by atoms with Gasteiger partial charge in [0, 0.05) is 28.9 Å². The summed E-state index contributed by atoms with van der Waals surface area (Å²) in [6, 6.07) is 11.7. The Morgan fingerprint density at radius 3 is 2.84 bits per heavy atom. The Morgan fingerprint density at radius 1 is 1.26 bits per heavy atom. The van der Waals surface area contributed by atoms with Crippen LogP contribution in [0.5, 0.6) is 11.5 Å². The van der Waals surface area contributed by atoms with Crippen LogP contribution < -0.4 is 19.7 Å². The topological polar surface area (TPSA) is 79.5 Å². The van der Waals surface area contributed by atoms with Crippen LogP contribution in [0, 0.1) is 5.82 Å². The van der Waals surface area contributed by atoms with E-state index < -0.39 is 0 Å². The predicted molar refractivity (Wildman–Crippen MR) is 115 cm³/mol. The van der Waals surface area contributed by atoms with Crippen molar-refractivity contribution in [2.75, 3.05) is 11.7 Å². The van der Waals surface area contributed by atoms with Gasteiger partial charge in [-0.3, -0.25) is 9.89 Å². The van der Waals surface area contributed by atoms with Crippen molar-refractivity contribution in [2.45, 2.75) is 18.8 Å². The highest BCUT2D eigenvalue weighted by Crippen LogP contribution is 2.49. The molecule has 3 heterocycles. The predicted octanol–water partition coefficient (Wildman–Crippen LogP) is 4.08. The van der Waals surface area contributed by atoms with Crippen molar-refractivity contribution in [3.63, 3.8) is 0 Å². The summed E-state index contributed by atoms with van der Waals surface area (Å²) in [5, 5.41) is 9.67. The van der Waals surface area contributed by atoms with E-state index in [1.807, 2.05) is 30.0 Å². The molecule has 1 unspecified atom stereocenters. The van der Waals surface area contributed by atoms with Gasteiger partial charge in [0.2, 0.25) is 6.79 Å². The highest BCUT2D eigenvalue weighted by atomic mass is 32.2. The van der Waals surface area contributed by atoms with Gasteiger partial charge in [0.1, 0.15) is 16.9 Å². The van der Waals surface area contributed by atoms with Crippen LogP contribution in [0.1, 0.15) is 23.4 Å². The van der Waals surface area contributed by atoms with E-state index in [1.165, 1.54) is 12.1 Å². The number of rotatable bonds is 5. The number of nitrogens with one attached hydrogen (secondary N) is 2. The molecule has 0 saturated carbocycles. The fraction of sp³-hybridized carbons (Fsp3) is 0.182. The number of benzene rings is 2. The molecule has 2 aromatic carbocycles. The number of amides is 1. The average Bonchev–Trinajstić information content (AvgIpc) is 3.52. The maximum atomic E-state index is 13.5. The van der Waals surface area contributed by atoms with E-state index in [0.29, 0.717) is 23.7 Å². The lowest BCUT2D eigenvalue weighted by molar-refractivity contribution is -0.117. The van der Waals surface area contributed by atoms with Gasteiger partial charge >= 0.3 is 0 Å². The van der Waals surface area contributed by atoms with Crippen LogP contribution in [-0.4, -0.2) is 22.9 Å². The molecule has 7 nitrogen and oxygen atoms in total. The van der Waals surface area contributed by atoms with Gasteiger partial charge in [-0.2, -0.15) is 5.10 Å². The van der Waals surface area contributed by atoms with E-state index >= 15 is 0 Å². The van der Waals surface area contributed by atoms with Gasteiger partial charge in [-0.05, 0) is 48.9 Å². The molecule has 0 saturated heterocycles. The lowest BCUT2D eigenvalue weighted by Crippen LogP contribution is -2.34. The SMILES string of the molecule is CC1=C(C(=O)NCc2ccc3c(c2)OCO3)N(c2ccc(F)cc2)C(c2cn[nH]c2)S1. The molecule has 0 spiro atoms. The molecule has 2 aliphatic rings. The van der Waals surface area contributed by atoms with Crippen LogP contribution >= 0.6 is 11.8 Å². The minimum atomic E-state index is -0.329. The summed E-state index contributed by atoms with van der Waals surface area (Å²) in [5.74, 6) is 0.834. The fourth-order valence-electron chi connectivity index (χ4n) is 3.63. The number of hydrogen-bond acceptors (Lipinski definition) is 6. The second-order valence-electron chi connectivity index (χ2n) is 7.12. The zero-order valence-corrected chi connectivity index (χ0v) is 17.4. The second-order valence-corrected chi connectivity index (χ2v) is 8.42. The fourth-order valence-corrected chi connectivity index (χ4v) is 4.86. The lowest BCUT2D eigenvalue weighted by atomic mass is 10.2. The summed E-state index contributed by atoms with van der Waals surface area (Å²) in [6.07, 6.45) is 3.53. The zero-order chi connectivity index (χ0) is 21.4. The minimum Gasteiger partial charge on any atom is -0.454 e. The number of hydrogen-bond donors (Lipinski definition) is 2. The van der Waals surface area contributed by atoms with Crippen molar-refractivity contribution >= 4 is 23.4 Å². The molecule has 1 amide bonds. The summed E-state index contributed by atoms with van der Waals surface area (Å²) in [7, 11) is 0. The van der Waals surface area contributed by atoms with Crippen molar-refractivity contribution in [3.8, 4) is 11.5 Å². The Morgan fingerprint density at radius 2 is 2.06 bits per heavy atom. The molecule has 2 N–H and O–H groups in total. The Hall–Kier alpha value is -3.46. The normalized spacial score (nSPS) is 17.4. The number of carbonyl (C=O) groups is 1. The van der Waals surface area contributed by atoms with Crippen molar-refractivity contribution < 1.29 is 18.7 Å². The van der Waals surface area contributed by atoms with E-state index in [2.05, 4.69) is 15.5 Å². The smallest absolute Gasteiger partial charge is 0.269 e. The Balaban J connectivity index is 1.40. The number of thioether (sulfide) groups is 1. The summed E-state index contributed by atoms with van der Waals surface area (Å²) in [6.45, 7) is 2.46. The van der Waals surface area contributed by atoms with E-state index in [-0.39, 0.29) is 23.9 Å². The summed E-state index contributed by atoms with van der Waals surface area (Å²) < 4.78 is 24.3. The van der Waals surface area contributed by atoms with E-state index in [9.17, 15) is 9.18 Å². The third-order valence-electron chi connectivity index (χ3n) is 5.11. The third kappa shape index (κ3) is 3.72. The number of carbonyl (C=O) groups excluding carboxylic acids is 1. The molecule has 0 fully saturated rings. The van der Waals surface area contributed by atoms with E-state index in [1.54, 1.807) is 36.3 Å². The van der Waals surface area contributed by atoms with Crippen LogP contribution in [-0.2, 0) is 11.3 Å². The van der Waals surface area contributed by atoms with Crippen LogP contribution in [0.15, 0.2) is 65.5 Å². The summed E-state index contributed by atoms with van der Waals surface area (Å²) in [4.78, 5) is 16.0. The van der Waals surface area contributed by atoms with Crippen molar-refractivity contribution in [1.29, 1.82) is 0 Å². The van der Waals surface area contributed by atoms with Gasteiger partial charge in [0.25, 0.3) is 5.91 Å². The first-order valence-corrected chi connectivity index (χ1v) is 10.6. The number of nitrogens with zero attached hydrogens (tertiary/aromatic N) is 2. The van der Waals surface area contributed by atoms with Crippen LogP contribution in [0.25, 0.3) is 0 Å². The molecule has 1 aromatic heterocycles. The molecule has 31 heavy (non-hydrogen) atoms. The molecule has 0 radical (unpaired) electrons. The number of allylic oxidation sites excluding steroid dienone is 1. The monoisotopic (exact) mass is 438 g/mol. The number of anilines is 1. The van der Waals surface area contributed by atoms with Gasteiger partial charge in [-0.1, -0.05) is 17.8 Å². The van der Waals surface area contributed by atoms with Gasteiger partial charge in [-0.25, -0.2) is 4.39 Å². The van der Waals surface area contributed by atoms with E-state index in [0.717, 1.165) is 21.7 Å². The molecule has 1 atom stereocenters. The van der Waals surface area contributed by atoms with Crippen molar-refractivity contribution in [2.24, 2.45) is 0 Å². The van der Waals surface area contributed by atoms with Crippen LogP contribution in [0.4, 0.5) is 10.1 Å².